The Bertz CT molecular complexity index is 1100. The average Bonchev–Trinajstić information content (AvgIpc) is 3.12. The standard InChI is InChI=1S/C23H28N4O3S/c1-18-9-11-19(12-10-18)22-25-23(30-26-22)20-7-6-8-21(17-20)31(28,29)24-13-16-27-14-4-2-3-5-15-27/h6-12,17,24H,2-5,13-16H2,1H3. The predicted octanol–water partition coefficient (Wildman–Crippen LogP) is 3.87. The summed E-state index contributed by atoms with van der Waals surface area (Å²) in [6.45, 7) is 5.21. The Hall–Kier alpha value is -2.55. The molecule has 1 saturated heterocycles. The summed E-state index contributed by atoms with van der Waals surface area (Å²) in [6, 6.07) is 14.4. The highest BCUT2D eigenvalue weighted by Gasteiger charge is 2.18. The van der Waals surface area contributed by atoms with Gasteiger partial charge in [0.2, 0.25) is 15.8 Å². The number of nitrogens with zero attached hydrogens (tertiary/aromatic N) is 3. The van der Waals surface area contributed by atoms with Crippen LogP contribution in [0, 0.1) is 6.92 Å². The van der Waals surface area contributed by atoms with Crippen LogP contribution in [0.25, 0.3) is 22.8 Å². The van der Waals surface area contributed by atoms with Gasteiger partial charge in [0, 0.05) is 24.2 Å². The van der Waals surface area contributed by atoms with Gasteiger partial charge in [-0.1, -0.05) is 53.9 Å². The van der Waals surface area contributed by atoms with Crippen molar-refractivity contribution in [1.82, 2.24) is 19.8 Å². The zero-order valence-corrected chi connectivity index (χ0v) is 18.6. The molecule has 0 bridgehead atoms. The molecule has 1 aliphatic rings. The van der Waals surface area contributed by atoms with E-state index in [1.807, 2.05) is 31.2 Å². The van der Waals surface area contributed by atoms with Gasteiger partial charge in [0.15, 0.2) is 0 Å². The quantitative estimate of drug-likeness (QED) is 0.600. The Labute approximate surface area is 183 Å². The minimum absolute atomic E-state index is 0.191. The molecule has 4 rings (SSSR count). The highest BCUT2D eigenvalue weighted by Crippen LogP contribution is 2.24. The highest BCUT2D eigenvalue weighted by atomic mass is 32.2. The molecule has 0 atom stereocenters. The van der Waals surface area contributed by atoms with Crippen LogP contribution >= 0.6 is 0 Å². The van der Waals surface area contributed by atoms with E-state index < -0.39 is 10.0 Å². The molecule has 0 amide bonds. The van der Waals surface area contributed by atoms with E-state index in [9.17, 15) is 8.42 Å². The maximum atomic E-state index is 12.8. The number of rotatable bonds is 7. The number of likely N-dealkylation sites (tertiary alicyclic amines) is 1. The van der Waals surface area contributed by atoms with Gasteiger partial charge >= 0.3 is 0 Å². The van der Waals surface area contributed by atoms with Gasteiger partial charge in [0.05, 0.1) is 4.90 Å². The minimum atomic E-state index is -3.62. The molecule has 1 fully saturated rings. The lowest BCUT2D eigenvalue weighted by atomic mass is 10.1. The molecule has 164 valence electrons. The van der Waals surface area contributed by atoms with Crippen molar-refractivity contribution in [2.24, 2.45) is 0 Å². The Morgan fingerprint density at radius 2 is 1.74 bits per heavy atom. The van der Waals surface area contributed by atoms with Crippen molar-refractivity contribution in [3.05, 3.63) is 54.1 Å². The summed E-state index contributed by atoms with van der Waals surface area (Å²) < 4.78 is 33.7. The van der Waals surface area contributed by atoms with Crippen molar-refractivity contribution < 1.29 is 12.9 Å². The van der Waals surface area contributed by atoms with Crippen LogP contribution in [0.5, 0.6) is 0 Å². The fraction of sp³-hybridized carbons (Fsp3) is 0.391. The van der Waals surface area contributed by atoms with Gasteiger partial charge in [0.25, 0.3) is 5.89 Å². The van der Waals surface area contributed by atoms with E-state index in [0.717, 1.165) is 30.8 Å². The molecule has 1 aliphatic heterocycles. The first-order chi connectivity index (χ1) is 15.0. The van der Waals surface area contributed by atoms with Gasteiger partial charge in [-0.3, -0.25) is 0 Å². The van der Waals surface area contributed by atoms with Crippen LogP contribution in [0.3, 0.4) is 0 Å². The number of benzene rings is 2. The summed E-state index contributed by atoms with van der Waals surface area (Å²) in [5.41, 5.74) is 2.56. The normalized spacial score (nSPS) is 15.6. The van der Waals surface area contributed by atoms with Gasteiger partial charge < -0.3 is 9.42 Å². The first kappa shape index (κ1) is 21.7. The number of hydrogen-bond donors (Lipinski definition) is 1. The zero-order valence-electron chi connectivity index (χ0n) is 17.8. The number of nitrogens with one attached hydrogen (secondary N) is 1. The smallest absolute Gasteiger partial charge is 0.258 e. The van der Waals surface area contributed by atoms with Gasteiger partial charge in [-0.25, -0.2) is 13.1 Å². The number of sulfonamides is 1. The molecule has 8 heteroatoms. The van der Waals surface area contributed by atoms with E-state index in [4.69, 9.17) is 4.52 Å². The largest absolute Gasteiger partial charge is 0.334 e. The molecule has 0 aliphatic carbocycles. The second kappa shape index (κ2) is 9.72. The summed E-state index contributed by atoms with van der Waals surface area (Å²) in [4.78, 5) is 6.96. The third-order valence-corrected chi connectivity index (χ3v) is 7.00. The van der Waals surface area contributed by atoms with E-state index in [0.29, 0.717) is 17.9 Å². The molecule has 2 aromatic carbocycles. The second-order valence-corrected chi connectivity index (χ2v) is 9.74. The summed E-state index contributed by atoms with van der Waals surface area (Å²) in [5.74, 6) is 0.760. The Morgan fingerprint density at radius 1 is 1.00 bits per heavy atom. The third-order valence-electron chi connectivity index (χ3n) is 5.55. The van der Waals surface area contributed by atoms with E-state index in [1.165, 1.54) is 25.7 Å². The van der Waals surface area contributed by atoms with E-state index in [-0.39, 0.29) is 10.8 Å². The van der Waals surface area contributed by atoms with Crippen molar-refractivity contribution in [2.45, 2.75) is 37.5 Å². The molecular formula is C23H28N4O3S. The van der Waals surface area contributed by atoms with Crippen LogP contribution < -0.4 is 4.72 Å². The molecule has 7 nitrogen and oxygen atoms in total. The van der Waals surface area contributed by atoms with E-state index in [2.05, 4.69) is 19.8 Å². The molecule has 0 spiro atoms. The molecule has 1 N–H and O–H groups in total. The lowest BCUT2D eigenvalue weighted by Crippen LogP contribution is -2.35. The minimum Gasteiger partial charge on any atom is -0.334 e. The van der Waals surface area contributed by atoms with Crippen molar-refractivity contribution in [2.75, 3.05) is 26.2 Å². The molecule has 2 heterocycles. The summed E-state index contributed by atoms with van der Waals surface area (Å²) in [6.07, 6.45) is 4.89. The van der Waals surface area contributed by atoms with Gasteiger partial charge in [0.1, 0.15) is 0 Å². The molecular weight excluding hydrogens is 412 g/mol. The fourth-order valence-electron chi connectivity index (χ4n) is 3.74. The Balaban J connectivity index is 1.44. The van der Waals surface area contributed by atoms with Crippen LogP contribution in [0.1, 0.15) is 31.2 Å². The van der Waals surface area contributed by atoms with E-state index in [1.54, 1.807) is 24.3 Å². The van der Waals surface area contributed by atoms with Gasteiger partial charge in [-0.2, -0.15) is 4.98 Å². The molecule has 1 aromatic heterocycles. The van der Waals surface area contributed by atoms with Crippen LogP contribution in [-0.4, -0.2) is 49.6 Å². The average molecular weight is 441 g/mol. The van der Waals surface area contributed by atoms with Crippen molar-refractivity contribution in [3.8, 4) is 22.8 Å². The third kappa shape index (κ3) is 5.58. The van der Waals surface area contributed by atoms with Crippen molar-refractivity contribution in [3.63, 3.8) is 0 Å². The first-order valence-electron chi connectivity index (χ1n) is 10.7. The maximum absolute atomic E-state index is 12.8. The SMILES string of the molecule is Cc1ccc(-c2noc(-c3cccc(S(=O)(=O)NCCN4CCCCCC4)c3)n2)cc1. The lowest BCUT2D eigenvalue weighted by Gasteiger charge is -2.19. The van der Waals surface area contributed by atoms with Crippen LogP contribution in [0.15, 0.2) is 57.9 Å². The summed E-state index contributed by atoms with van der Waals surface area (Å²) >= 11 is 0. The first-order valence-corrected chi connectivity index (χ1v) is 12.2. The van der Waals surface area contributed by atoms with Gasteiger partial charge in [-0.15, -0.1) is 0 Å². The summed E-state index contributed by atoms with van der Waals surface area (Å²) in [7, 11) is -3.62. The molecule has 0 saturated carbocycles. The fourth-order valence-corrected chi connectivity index (χ4v) is 4.80. The monoisotopic (exact) mass is 440 g/mol. The predicted molar refractivity (Wildman–Crippen MR) is 120 cm³/mol. The van der Waals surface area contributed by atoms with Crippen molar-refractivity contribution in [1.29, 1.82) is 0 Å². The number of hydrogen-bond acceptors (Lipinski definition) is 6. The van der Waals surface area contributed by atoms with Crippen LogP contribution in [-0.2, 0) is 10.0 Å². The Morgan fingerprint density at radius 3 is 2.48 bits per heavy atom. The number of aryl methyl sites for hydroxylation is 1. The van der Waals surface area contributed by atoms with Crippen LogP contribution in [0.2, 0.25) is 0 Å². The molecule has 31 heavy (non-hydrogen) atoms. The number of aromatic nitrogens is 2. The second-order valence-electron chi connectivity index (χ2n) is 7.97. The van der Waals surface area contributed by atoms with Crippen LogP contribution in [0.4, 0.5) is 0 Å². The highest BCUT2D eigenvalue weighted by molar-refractivity contribution is 7.89. The van der Waals surface area contributed by atoms with Crippen molar-refractivity contribution >= 4 is 10.0 Å². The lowest BCUT2D eigenvalue weighted by molar-refractivity contribution is 0.290. The summed E-state index contributed by atoms with van der Waals surface area (Å²) in [5, 5.41) is 4.04. The molecule has 3 aromatic rings. The maximum Gasteiger partial charge on any atom is 0.258 e. The van der Waals surface area contributed by atoms with E-state index >= 15 is 0 Å². The Kier molecular flexibility index (Phi) is 6.80. The van der Waals surface area contributed by atoms with Gasteiger partial charge in [-0.05, 0) is 51.1 Å². The molecule has 0 radical (unpaired) electrons. The molecule has 0 unspecified atom stereocenters. The topological polar surface area (TPSA) is 88.3 Å². The zero-order chi connectivity index (χ0) is 21.7.